The Bertz CT molecular complexity index is 488. The number of rotatable bonds is 5. The molecule has 1 heterocycles. The smallest absolute Gasteiger partial charge is 0.229 e. The average molecular weight is 298 g/mol. The van der Waals surface area contributed by atoms with Crippen LogP contribution in [0.25, 0.3) is 0 Å². The van der Waals surface area contributed by atoms with Crippen LogP contribution in [0.4, 0.5) is 4.39 Å². The van der Waals surface area contributed by atoms with Gasteiger partial charge in [0.25, 0.3) is 0 Å². The van der Waals surface area contributed by atoms with E-state index in [0.717, 1.165) is 0 Å². The van der Waals surface area contributed by atoms with E-state index in [1.54, 1.807) is 18.2 Å². The van der Waals surface area contributed by atoms with E-state index in [2.05, 4.69) is 0 Å². The number of benzene rings is 1. The number of likely N-dealkylation sites (tertiary alicyclic amines) is 1. The van der Waals surface area contributed by atoms with Gasteiger partial charge in [0.2, 0.25) is 11.8 Å². The highest BCUT2D eigenvalue weighted by molar-refractivity contribution is 6.17. The number of piperidine rings is 1. The lowest BCUT2D eigenvalue weighted by molar-refractivity contribution is -0.150. The first-order valence-corrected chi connectivity index (χ1v) is 7.28. The minimum Gasteiger partial charge on any atom is -0.283 e. The van der Waals surface area contributed by atoms with Gasteiger partial charge in [-0.15, -0.1) is 11.6 Å². The van der Waals surface area contributed by atoms with Gasteiger partial charge in [-0.2, -0.15) is 0 Å². The average Bonchev–Trinajstić information content (AvgIpc) is 2.41. The molecule has 1 fully saturated rings. The molecule has 2 rings (SSSR count). The lowest BCUT2D eigenvalue weighted by atomic mass is 9.89. The van der Waals surface area contributed by atoms with Gasteiger partial charge in [-0.05, 0) is 30.4 Å². The molecule has 20 heavy (non-hydrogen) atoms. The number of hydrogen-bond donors (Lipinski definition) is 0. The molecule has 1 saturated heterocycles. The summed E-state index contributed by atoms with van der Waals surface area (Å²) in [7, 11) is 0. The Kier molecular flexibility index (Phi) is 5.12. The molecule has 1 aliphatic heterocycles. The number of nitrogens with zero attached hydrogens (tertiary/aromatic N) is 1. The highest BCUT2D eigenvalue weighted by Crippen LogP contribution is 2.24. The van der Waals surface area contributed by atoms with Crippen molar-refractivity contribution in [3.05, 3.63) is 35.6 Å². The van der Waals surface area contributed by atoms with Gasteiger partial charge >= 0.3 is 0 Å². The Morgan fingerprint density at radius 1 is 1.20 bits per heavy atom. The highest BCUT2D eigenvalue weighted by Gasteiger charge is 2.32. The third kappa shape index (κ3) is 3.57. The van der Waals surface area contributed by atoms with Crippen LogP contribution in [0, 0.1) is 11.7 Å². The van der Waals surface area contributed by atoms with Crippen molar-refractivity contribution in [3.8, 4) is 0 Å². The second-order valence-corrected chi connectivity index (χ2v) is 5.43. The molecule has 0 unspecified atom stereocenters. The number of imide groups is 1. The molecule has 0 radical (unpaired) electrons. The van der Waals surface area contributed by atoms with E-state index in [9.17, 15) is 14.0 Å². The zero-order valence-electron chi connectivity index (χ0n) is 11.1. The van der Waals surface area contributed by atoms with Gasteiger partial charge in [-0.1, -0.05) is 18.2 Å². The second-order valence-electron chi connectivity index (χ2n) is 5.05. The van der Waals surface area contributed by atoms with Gasteiger partial charge in [0, 0.05) is 25.3 Å². The lowest BCUT2D eigenvalue weighted by Crippen LogP contribution is -2.44. The topological polar surface area (TPSA) is 37.4 Å². The second kappa shape index (κ2) is 6.84. The Balaban J connectivity index is 1.99. The van der Waals surface area contributed by atoms with E-state index >= 15 is 0 Å². The first-order chi connectivity index (χ1) is 9.61. The predicted octanol–water partition coefficient (Wildman–Crippen LogP) is 2.76. The van der Waals surface area contributed by atoms with Crippen LogP contribution in [0.2, 0.25) is 0 Å². The Morgan fingerprint density at radius 2 is 1.85 bits per heavy atom. The molecule has 1 aliphatic rings. The van der Waals surface area contributed by atoms with Crippen LogP contribution in [0.1, 0.15) is 24.8 Å². The molecule has 1 aromatic rings. The summed E-state index contributed by atoms with van der Waals surface area (Å²) < 4.78 is 13.6. The first kappa shape index (κ1) is 15.0. The van der Waals surface area contributed by atoms with Crippen molar-refractivity contribution in [3.63, 3.8) is 0 Å². The number of carbonyl (C=O) groups is 2. The SMILES string of the molecule is O=C1CC(Cc2ccccc2F)CC(=O)N1CCCCl. The van der Waals surface area contributed by atoms with E-state index in [1.807, 2.05) is 0 Å². The van der Waals surface area contributed by atoms with Crippen LogP contribution in [-0.2, 0) is 16.0 Å². The van der Waals surface area contributed by atoms with Crippen molar-refractivity contribution in [1.29, 1.82) is 0 Å². The third-order valence-electron chi connectivity index (χ3n) is 3.51. The summed E-state index contributed by atoms with van der Waals surface area (Å²) in [5.74, 6) is -0.313. The molecule has 0 saturated carbocycles. The van der Waals surface area contributed by atoms with Gasteiger partial charge in [0.15, 0.2) is 0 Å². The predicted molar refractivity (Wildman–Crippen MR) is 74.9 cm³/mol. The summed E-state index contributed by atoms with van der Waals surface area (Å²) in [5.41, 5.74) is 0.562. The standard InChI is InChI=1S/C15H17ClFNO2/c16-6-3-7-18-14(19)9-11(10-15(18)20)8-12-4-1-2-5-13(12)17/h1-2,4-5,11H,3,6-10H2. The van der Waals surface area contributed by atoms with Crippen molar-refractivity contribution >= 4 is 23.4 Å². The summed E-state index contributed by atoms with van der Waals surface area (Å²) in [6.07, 6.45) is 1.62. The maximum absolute atomic E-state index is 13.6. The van der Waals surface area contributed by atoms with E-state index in [1.165, 1.54) is 11.0 Å². The summed E-state index contributed by atoms with van der Waals surface area (Å²) in [5, 5.41) is 0. The fraction of sp³-hybridized carbons (Fsp3) is 0.467. The van der Waals surface area contributed by atoms with E-state index in [4.69, 9.17) is 11.6 Å². The van der Waals surface area contributed by atoms with Crippen LogP contribution in [0.3, 0.4) is 0 Å². The minimum absolute atomic E-state index is 0.112. The fourth-order valence-electron chi connectivity index (χ4n) is 2.51. The molecular weight excluding hydrogens is 281 g/mol. The Labute approximate surface area is 122 Å². The summed E-state index contributed by atoms with van der Waals surface area (Å²) in [4.78, 5) is 25.2. The molecule has 3 nitrogen and oxygen atoms in total. The minimum atomic E-state index is -0.281. The van der Waals surface area contributed by atoms with Crippen molar-refractivity contribution in [2.24, 2.45) is 5.92 Å². The van der Waals surface area contributed by atoms with E-state index in [-0.39, 0.29) is 23.5 Å². The van der Waals surface area contributed by atoms with Crippen molar-refractivity contribution < 1.29 is 14.0 Å². The monoisotopic (exact) mass is 297 g/mol. The van der Waals surface area contributed by atoms with Gasteiger partial charge in [0.05, 0.1) is 0 Å². The van der Waals surface area contributed by atoms with Crippen LogP contribution in [-0.4, -0.2) is 29.1 Å². The van der Waals surface area contributed by atoms with Crippen LogP contribution < -0.4 is 0 Å². The summed E-state index contributed by atoms with van der Waals surface area (Å²) in [6, 6.07) is 6.49. The molecule has 2 amide bonds. The van der Waals surface area contributed by atoms with Gasteiger partial charge < -0.3 is 0 Å². The number of amides is 2. The molecular formula is C15H17ClFNO2. The maximum Gasteiger partial charge on any atom is 0.229 e. The van der Waals surface area contributed by atoms with E-state index in [0.29, 0.717) is 43.7 Å². The van der Waals surface area contributed by atoms with Crippen LogP contribution in [0.15, 0.2) is 24.3 Å². The first-order valence-electron chi connectivity index (χ1n) is 6.74. The van der Waals surface area contributed by atoms with Crippen LogP contribution in [0.5, 0.6) is 0 Å². The maximum atomic E-state index is 13.6. The third-order valence-corrected chi connectivity index (χ3v) is 3.78. The molecule has 0 bridgehead atoms. The molecule has 5 heteroatoms. The zero-order valence-corrected chi connectivity index (χ0v) is 11.9. The van der Waals surface area contributed by atoms with Crippen molar-refractivity contribution in [1.82, 2.24) is 4.90 Å². The van der Waals surface area contributed by atoms with Crippen molar-refractivity contribution in [2.45, 2.75) is 25.7 Å². The normalized spacial score (nSPS) is 16.8. The zero-order chi connectivity index (χ0) is 14.5. The number of alkyl halides is 1. The molecule has 0 aliphatic carbocycles. The van der Waals surface area contributed by atoms with Gasteiger partial charge in [-0.25, -0.2) is 4.39 Å². The van der Waals surface area contributed by atoms with Gasteiger partial charge in [0.1, 0.15) is 5.82 Å². The fourth-order valence-corrected chi connectivity index (χ4v) is 2.63. The molecule has 0 aromatic heterocycles. The highest BCUT2D eigenvalue weighted by atomic mass is 35.5. The molecule has 108 valence electrons. The van der Waals surface area contributed by atoms with E-state index < -0.39 is 0 Å². The van der Waals surface area contributed by atoms with Crippen molar-refractivity contribution in [2.75, 3.05) is 12.4 Å². The molecule has 1 aromatic carbocycles. The molecule has 0 spiro atoms. The molecule has 0 atom stereocenters. The largest absolute Gasteiger partial charge is 0.283 e. The Morgan fingerprint density at radius 3 is 2.45 bits per heavy atom. The van der Waals surface area contributed by atoms with Gasteiger partial charge in [-0.3, -0.25) is 14.5 Å². The molecule has 0 N–H and O–H groups in total. The summed E-state index contributed by atoms with van der Waals surface area (Å²) in [6.45, 7) is 0.383. The van der Waals surface area contributed by atoms with Crippen LogP contribution >= 0.6 is 11.6 Å². The number of carbonyl (C=O) groups excluding carboxylic acids is 2. The number of halogens is 2. The Hall–Kier alpha value is -1.42. The number of hydrogen-bond acceptors (Lipinski definition) is 2. The lowest BCUT2D eigenvalue weighted by Gasteiger charge is -2.30. The summed E-state index contributed by atoms with van der Waals surface area (Å²) >= 11 is 5.58. The quantitative estimate of drug-likeness (QED) is 0.619.